The predicted octanol–water partition coefficient (Wildman–Crippen LogP) is 6.01. The van der Waals surface area contributed by atoms with E-state index in [1.54, 1.807) is 0 Å². The van der Waals surface area contributed by atoms with Gasteiger partial charge in [-0.15, -0.1) is 0 Å². The van der Waals surface area contributed by atoms with Crippen LogP contribution in [0.2, 0.25) is 0 Å². The smallest absolute Gasteiger partial charge is 0.0123 e. The van der Waals surface area contributed by atoms with Gasteiger partial charge in [-0.25, -0.2) is 0 Å². The molecule has 2 aromatic carbocycles. The maximum Gasteiger partial charge on any atom is -0.0123 e. The highest BCUT2D eigenvalue weighted by molar-refractivity contribution is 5.82. The molecule has 0 atom stereocenters. The molecule has 2 aromatic rings. The molecule has 0 heteroatoms. The van der Waals surface area contributed by atoms with Crippen molar-refractivity contribution in [3.63, 3.8) is 0 Å². The Morgan fingerprint density at radius 1 is 0.762 bits per heavy atom. The van der Waals surface area contributed by atoms with E-state index in [-0.39, 0.29) is 0 Å². The maximum atomic E-state index is 4.34. The largest absolute Gasteiger partial charge is 0.0955 e. The quantitative estimate of drug-likeness (QED) is 0.643. The third kappa shape index (κ3) is 2.85. The summed E-state index contributed by atoms with van der Waals surface area (Å²) in [6.45, 7) is 19.1. The Morgan fingerprint density at radius 3 is 1.81 bits per heavy atom. The average molecular weight is 276 g/mol. The summed E-state index contributed by atoms with van der Waals surface area (Å²) < 4.78 is 0. The average Bonchev–Trinajstić information content (AvgIpc) is 2.45. The Morgan fingerprint density at radius 2 is 1.29 bits per heavy atom. The van der Waals surface area contributed by atoms with Crippen LogP contribution in [0.5, 0.6) is 0 Å². The van der Waals surface area contributed by atoms with Crippen molar-refractivity contribution >= 4 is 11.1 Å². The zero-order valence-corrected chi connectivity index (χ0v) is 13.8. The van der Waals surface area contributed by atoms with Crippen molar-refractivity contribution in [1.82, 2.24) is 0 Å². The fourth-order valence-electron chi connectivity index (χ4n) is 2.85. The summed E-state index contributed by atoms with van der Waals surface area (Å²) in [7, 11) is 0. The Labute approximate surface area is 128 Å². The summed E-state index contributed by atoms with van der Waals surface area (Å²) in [4.78, 5) is 0. The van der Waals surface area contributed by atoms with Gasteiger partial charge in [-0.05, 0) is 79.1 Å². The molecule has 0 radical (unpaired) electrons. The fourth-order valence-corrected chi connectivity index (χ4v) is 2.85. The lowest BCUT2D eigenvalue weighted by atomic mass is 9.87. The van der Waals surface area contributed by atoms with Crippen LogP contribution < -0.4 is 0 Å². The topological polar surface area (TPSA) is 0 Å². The molecule has 0 bridgehead atoms. The summed E-state index contributed by atoms with van der Waals surface area (Å²) in [5, 5.41) is 0. The van der Waals surface area contributed by atoms with Crippen LogP contribution in [0, 0.1) is 27.7 Å². The molecule has 0 aliphatic rings. The molecule has 0 fully saturated rings. The van der Waals surface area contributed by atoms with E-state index in [1.165, 1.54) is 38.9 Å². The van der Waals surface area contributed by atoms with Crippen molar-refractivity contribution in [3.8, 4) is 0 Å². The van der Waals surface area contributed by atoms with Gasteiger partial charge in [0.15, 0.2) is 0 Å². The highest BCUT2D eigenvalue weighted by Crippen LogP contribution is 2.31. The van der Waals surface area contributed by atoms with Gasteiger partial charge in [-0.1, -0.05) is 49.1 Å². The highest BCUT2D eigenvalue weighted by atomic mass is 14.2. The molecule has 0 aromatic heterocycles. The first-order chi connectivity index (χ1) is 9.82. The van der Waals surface area contributed by atoms with E-state index in [2.05, 4.69) is 71.2 Å². The summed E-state index contributed by atoms with van der Waals surface area (Å²) in [6.07, 6.45) is 0. The Balaban J connectivity index is 2.50. The predicted molar refractivity (Wildman–Crippen MR) is 94.7 cm³/mol. The van der Waals surface area contributed by atoms with Crippen LogP contribution in [0.25, 0.3) is 11.1 Å². The van der Waals surface area contributed by atoms with Crippen LogP contribution in [0.1, 0.15) is 45.9 Å². The second kappa shape index (κ2) is 5.73. The van der Waals surface area contributed by atoms with E-state index in [9.17, 15) is 0 Å². The van der Waals surface area contributed by atoms with Gasteiger partial charge in [0.2, 0.25) is 0 Å². The molecule has 108 valence electrons. The monoisotopic (exact) mass is 276 g/mol. The maximum absolute atomic E-state index is 4.34. The number of hydrogen-bond donors (Lipinski definition) is 0. The molecule has 0 nitrogen and oxygen atoms in total. The zero-order valence-electron chi connectivity index (χ0n) is 13.8. The van der Waals surface area contributed by atoms with E-state index in [0.717, 1.165) is 11.1 Å². The van der Waals surface area contributed by atoms with Crippen LogP contribution >= 0.6 is 0 Å². The first-order valence-corrected chi connectivity index (χ1v) is 7.36. The van der Waals surface area contributed by atoms with Gasteiger partial charge in [0.25, 0.3) is 0 Å². The number of hydrogen-bond acceptors (Lipinski definition) is 0. The Kier molecular flexibility index (Phi) is 4.18. The van der Waals surface area contributed by atoms with Crippen molar-refractivity contribution in [2.24, 2.45) is 0 Å². The van der Waals surface area contributed by atoms with Gasteiger partial charge in [-0.2, -0.15) is 0 Å². The minimum atomic E-state index is 1.09. The lowest BCUT2D eigenvalue weighted by Gasteiger charge is -2.17. The third-order valence-electron chi connectivity index (χ3n) is 4.38. The number of allylic oxidation sites excluding steroid dienone is 1. The minimum Gasteiger partial charge on any atom is -0.0955 e. The normalized spacial score (nSPS) is 10.5. The molecule has 0 saturated heterocycles. The van der Waals surface area contributed by atoms with Gasteiger partial charge >= 0.3 is 0 Å². The fraction of sp³-hybridized carbons (Fsp3) is 0.238. The van der Waals surface area contributed by atoms with Gasteiger partial charge in [0.05, 0.1) is 0 Å². The second-order valence-electron chi connectivity index (χ2n) is 5.97. The summed E-state index contributed by atoms with van der Waals surface area (Å²) in [5.41, 5.74) is 11.2. The number of rotatable bonds is 3. The van der Waals surface area contributed by atoms with E-state index >= 15 is 0 Å². The number of benzene rings is 2. The molecule has 0 aliphatic heterocycles. The van der Waals surface area contributed by atoms with E-state index in [1.807, 2.05) is 6.92 Å². The SMILES string of the molecule is C=C(C)c1ccc(C(=C)c2c(C)cc(C)c(C)c2C)cc1. The van der Waals surface area contributed by atoms with E-state index in [4.69, 9.17) is 0 Å². The van der Waals surface area contributed by atoms with Gasteiger partial charge < -0.3 is 0 Å². The van der Waals surface area contributed by atoms with Gasteiger partial charge in [0.1, 0.15) is 0 Å². The molecular weight excluding hydrogens is 252 g/mol. The van der Waals surface area contributed by atoms with Crippen molar-refractivity contribution in [2.75, 3.05) is 0 Å². The van der Waals surface area contributed by atoms with Crippen LogP contribution in [-0.2, 0) is 0 Å². The molecule has 0 heterocycles. The summed E-state index contributed by atoms with van der Waals surface area (Å²) in [5.74, 6) is 0. The molecule has 0 N–H and O–H groups in total. The van der Waals surface area contributed by atoms with Crippen molar-refractivity contribution in [3.05, 3.63) is 82.4 Å². The third-order valence-corrected chi connectivity index (χ3v) is 4.38. The molecule has 21 heavy (non-hydrogen) atoms. The Hall–Kier alpha value is -2.08. The van der Waals surface area contributed by atoms with Crippen molar-refractivity contribution in [1.29, 1.82) is 0 Å². The molecule has 0 unspecified atom stereocenters. The first-order valence-electron chi connectivity index (χ1n) is 7.36. The number of aryl methyl sites for hydroxylation is 2. The van der Waals surface area contributed by atoms with E-state index in [0.29, 0.717) is 0 Å². The standard InChI is InChI=1S/C21H24/c1-13(2)19-8-10-20(11-9-19)18(7)21-15(4)12-14(3)16(5)17(21)6/h8-12H,1,7H2,2-6H3. The Bertz CT molecular complexity index is 713. The molecular formula is C21H24. The molecule has 0 amide bonds. The minimum absolute atomic E-state index is 1.09. The lowest BCUT2D eigenvalue weighted by molar-refractivity contribution is 1.21. The molecule has 0 aliphatic carbocycles. The zero-order chi connectivity index (χ0) is 15.7. The highest BCUT2D eigenvalue weighted by Gasteiger charge is 2.12. The first kappa shape index (κ1) is 15.3. The van der Waals surface area contributed by atoms with E-state index < -0.39 is 0 Å². The second-order valence-corrected chi connectivity index (χ2v) is 5.97. The molecule has 0 spiro atoms. The summed E-state index contributed by atoms with van der Waals surface area (Å²) >= 11 is 0. The molecule has 0 saturated carbocycles. The van der Waals surface area contributed by atoms with Crippen molar-refractivity contribution in [2.45, 2.75) is 34.6 Å². The lowest BCUT2D eigenvalue weighted by Crippen LogP contribution is -1.99. The van der Waals surface area contributed by atoms with Gasteiger partial charge in [-0.3, -0.25) is 0 Å². The summed E-state index contributed by atoms with van der Waals surface area (Å²) in [6, 6.07) is 10.8. The van der Waals surface area contributed by atoms with Crippen molar-refractivity contribution < 1.29 is 0 Å². The van der Waals surface area contributed by atoms with Crippen LogP contribution in [0.4, 0.5) is 0 Å². The van der Waals surface area contributed by atoms with Gasteiger partial charge in [0, 0.05) is 0 Å². The molecule has 2 rings (SSSR count). The van der Waals surface area contributed by atoms with Crippen LogP contribution in [-0.4, -0.2) is 0 Å². The van der Waals surface area contributed by atoms with Crippen LogP contribution in [0.3, 0.4) is 0 Å². The van der Waals surface area contributed by atoms with Crippen LogP contribution in [0.15, 0.2) is 43.5 Å².